The first kappa shape index (κ1) is 45.5. The lowest BCUT2D eigenvalue weighted by molar-refractivity contribution is -0.144. The van der Waals surface area contributed by atoms with E-state index in [1.165, 1.54) is 52.0 Å². The number of methoxy groups -OCH3 is 2. The lowest BCUT2D eigenvalue weighted by atomic mass is 9.82. The van der Waals surface area contributed by atoms with Gasteiger partial charge in [0.15, 0.2) is 5.72 Å². The number of allylic oxidation sites excluding steroid dienone is 2. The van der Waals surface area contributed by atoms with Gasteiger partial charge in [0.05, 0.1) is 43.0 Å². The number of benzene rings is 1. The fourth-order valence-electron chi connectivity index (χ4n) is 7.63. The number of primary amides is 2. The number of nitrogens with zero attached hydrogens (tertiary/aromatic N) is 2. The number of amides is 7. The number of nitrogens with two attached hydrogens (primary N) is 3. The van der Waals surface area contributed by atoms with E-state index < -0.39 is 108 Å². The Bertz CT molecular complexity index is 2060. The normalized spacial score (nSPS) is 22.6. The van der Waals surface area contributed by atoms with Crippen molar-refractivity contribution in [3.63, 3.8) is 0 Å². The van der Waals surface area contributed by atoms with Crippen LogP contribution < -0.4 is 38.5 Å². The van der Waals surface area contributed by atoms with Crippen molar-refractivity contribution in [1.29, 1.82) is 0 Å². The molecular formula is C38H49N9O14. The highest BCUT2D eigenvalue weighted by Gasteiger charge is 2.78. The van der Waals surface area contributed by atoms with Crippen LogP contribution in [0.1, 0.15) is 32.8 Å². The summed E-state index contributed by atoms with van der Waals surface area (Å²) in [4.78, 5) is 117. The molecule has 2 fully saturated rings. The molecule has 0 unspecified atom stereocenters. The molecule has 3 heterocycles. The van der Waals surface area contributed by atoms with E-state index in [0.29, 0.717) is 5.56 Å². The molecule has 0 bridgehead atoms. The second kappa shape index (κ2) is 18.8. The largest absolute Gasteiger partial charge is 0.449 e. The quantitative estimate of drug-likeness (QED) is 0.0425. The zero-order valence-corrected chi connectivity index (χ0v) is 34.1. The van der Waals surface area contributed by atoms with E-state index in [-0.39, 0.29) is 61.2 Å². The third-order valence-electron chi connectivity index (χ3n) is 10.7. The number of hydrogen-bond acceptors (Lipinski definition) is 16. The van der Waals surface area contributed by atoms with Crippen molar-refractivity contribution in [1.82, 2.24) is 25.8 Å². The number of piperazine rings is 1. The SMILES string of the molecule is COCCOCC(=O)N[C@H](C)C(=O)N[C@H](C)C(=O)N[C@H](CC(N)=O)C(=O)Nc1ccc(COC(=O)N2[C@@H]3CN4C5=C(C(=O)C(N)=C(C)C5=O)[C@H](COC(N)=O)[C@]4(OC)[C@@H]32)cc1. The molecule has 0 spiro atoms. The number of hydrogen-bond donors (Lipinski definition) is 7. The van der Waals surface area contributed by atoms with Crippen LogP contribution in [0.25, 0.3) is 0 Å². The van der Waals surface area contributed by atoms with Gasteiger partial charge in [-0.15, -0.1) is 0 Å². The molecule has 1 aliphatic carbocycles. The van der Waals surface area contributed by atoms with E-state index in [0.717, 1.165) is 0 Å². The van der Waals surface area contributed by atoms with Crippen molar-refractivity contribution in [3.05, 3.63) is 52.4 Å². The Morgan fingerprint density at radius 3 is 2.16 bits per heavy atom. The Morgan fingerprint density at radius 1 is 0.885 bits per heavy atom. The molecule has 23 heteroatoms. The van der Waals surface area contributed by atoms with Crippen LogP contribution in [0.4, 0.5) is 15.3 Å². The number of rotatable bonds is 19. The van der Waals surface area contributed by atoms with Crippen LogP contribution in [0.15, 0.2) is 46.8 Å². The molecule has 3 aliphatic heterocycles. The smallest absolute Gasteiger partial charge is 0.410 e. The fourth-order valence-corrected chi connectivity index (χ4v) is 7.63. The maximum Gasteiger partial charge on any atom is 0.410 e. The van der Waals surface area contributed by atoms with Crippen LogP contribution >= 0.6 is 0 Å². The Hall–Kier alpha value is -6.59. The molecule has 7 atom stereocenters. The third kappa shape index (κ3) is 9.42. The van der Waals surface area contributed by atoms with E-state index in [1.807, 2.05) is 0 Å². The summed E-state index contributed by atoms with van der Waals surface area (Å²) in [7, 11) is 2.83. The maximum absolute atomic E-state index is 13.4. The van der Waals surface area contributed by atoms with Gasteiger partial charge in [0.1, 0.15) is 44.0 Å². The molecule has 0 aromatic heterocycles. The third-order valence-corrected chi connectivity index (χ3v) is 10.7. The number of anilines is 1. The summed E-state index contributed by atoms with van der Waals surface area (Å²) in [6.45, 7) is 3.80. The Balaban J connectivity index is 1.15. The van der Waals surface area contributed by atoms with Gasteiger partial charge in [0, 0.05) is 37.6 Å². The van der Waals surface area contributed by atoms with E-state index in [4.69, 9.17) is 40.9 Å². The fraction of sp³-hybridized carbons (Fsp3) is 0.500. The van der Waals surface area contributed by atoms with Gasteiger partial charge >= 0.3 is 12.2 Å². The highest BCUT2D eigenvalue weighted by Crippen LogP contribution is 2.59. The Morgan fingerprint density at radius 2 is 1.54 bits per heavy atom. The summed E-state index contributed by atoms with van der Waals surface area (Å²) < 4.78 is 26.6. The summed E-state index contributed by atoms with van der Waals surface area (Å²) >= 11 is 0. The van der Waals surface area contributed by atoms with Crippen LogP contribution in [-0.2, 0) is 63.9 Å². The molecule has 7 amide bonds. The highest BCUT2D eigenvalue weighted by atomic mass is 16.6. The molecular weight excluding hydrogens is 806 g/mol. The zero-order valence-electron chi connectivity index (χ0n) is 34.1. The van der Waals surface area contributed by atoms with Gasteiger partial charge in [-0.25, -0.2) is 9.59 Å². The number of nitrogens with one attached hydrogen (secondary N) is 4. The number of ketones is 2. The minimum atomic E-state index is -1.48. The molecule has 10 N–H and O–H groups in total. The highest BCUT2D eigenvalue weighted by molar-refractivity contribution is 6.25. The monoisotopic (exact) mass is 855 g/mol. The molecule has 4 aliphatic rings. The van der Waals surface area contributed by atoms with Crippen molar-refractivity contribution >= 4 is 59.0 Å². The Kier molecular flexibility index (Phi) is 14.0. The molecule has 0 radical (unpaired) electrons. The number of carbonyl (C=O) groups is 9. The van der Waals surface area contributed by atoms with Crippen molar-refractivity contribution in [2.45, 2.75) is 69.7 Å². The molecule has 5 rings (SSSR count). The maximum atomic E-state index is 13.4. The van der Waals surface area contributed by atoms with Crippen LogP contribution in [0, 0.1) is 5.92 Å². The molecule has 330 valence electrons. The standard InChI is InChI=1S/C38H49N9O14/c1-17-28(40)31(51)27-22(15-60-36(41)55)38(58-5)32-24(13-46(38)29(27)30(17)50)47(32)37(56)61-14-20-6-8-21(9-7-20)44-35(54)23(12-25(39)48)45-34(53)19(3)43-33(52)18(2)42-26(49)16-59-11-10-57-4/h6-9,18-19,22-24,32H,10-16,40H2,1-5H3,(H2,39,48)(H2,41,55)(H,42,49)(H,43,52)(H,44,54)(H,45,53)/t18-,19-,22+,23-,24-,32-,38+,47?/m1/s1. The van der Waals surface area contributed by atoms with Crippen molar-refractivity contribution < 1.29 is 66.8 Å². The number of carbonyl (C=O) groups excluding carboxylic acids is 9. The van der Waals surface area contributed by atoms with Gasteiger partial charge in [-0.05, 0) is 38.5 Å². The molecule has 1 aromatic rings. The second-order valence-electron chi connectivity index (χ2n) is 14.7. The molecule has 1 aromatic carbocycles. The lowest BCUT2D eigenvalue weighted by Gasteiger charge is -2.40. The average molecular weight is 856 g/mol. The van der Waals surface area contributed by atoms with Crippen molar-refractivity contribution in [3.8, 4) is 0 Å². The summed E-state index contributed by atoms with van der Waals surface area (Å²) in [6, 6.07) is 1.24. The zero-order chi connectivity index (χ0) is 44.9. The first-order chi connectivity index (χ1) is 28.9. The minimum Gasteiger partial charge on any atom is -0.449 e. The number of fused-ring (bicyclic) bond motifs is 4. The van der Waals surface area contributed by atoms with Gasteiger partial charge in [-0.3, -0.25) is 38.5 Å². The van der Waals surface area contributed by atoms with E-state index in [2.05, 4.69) is 21.3 Å². The predicted octanol–water partition coefficient (Wildman–Crippen LogP) is -2.63. The lowest BCUT2D eigenvalue weighted by Crippen LogP contribution is -2.56. The number of Topliss-reactive ketones (excluding diaryl/α,β-unsaturated/α-hetero) is 2. The Labute approximate surface area is 348 Å². The summed E-state index contributed by atoms with van der Waals surface area (Å²) in [5.74, 6) is -5.88. The molecule has 2 saturated heterocycles. The van der Waals surface area contributed by atoms with Crippen LogP contribution in [0.3, 0.4) is 0 Å². The minimum absolute atomic E-state index is 0.0126. The average Bonchev–Trinajstić information content (AvgIpc) is 3.73. The van der Waals surface area contributed by atoms with Gasteiger partial charge in [-0.2, -0.15) is 0 Å². The van der Waals surface area contributed by atoms with Crippen LogP contribution in [0.5, 0.6) is 0 Å². The van der Waals surface area contributed by atoms with E-state index >= 15 is 0 Å². The first-order valence-corrected chi connectivity index (χ1v) is 19.0. The van der Waals surface area contributed by atoms with E-state index in [9.17, 15) is 43.2 Å². The van der Waals surface area contributed by atoms with Crippen molar-refractivity contribution in [2.75, 3.05) is 52.5 Å². The van der Waals surface area contributed by atoms with Gasteiger partial charge in [-0.1, -0.05) is 12.1 Å². The van der Waals surface area contributed by atoms with Crippen molar-refractivity contribution in [2.24, 2.45) is 23.1 Å². The second-order valence-corrected chi connectivity index (χ2v) is 14.7. The number of ether oxygens (including phenoxy) is 5. The van der Waals surface area contributed by atoms with Crippen LogP contribution in [-0.4, -0.2) is 146 Å². The first-order valence-electron chi connectivity index (χ1n) is 19.0. The predicted molar refractivity (Wildman–Crippen MR) is 208 cm³/mol. The summed E-state index contributed by atoms with van der Waals surface area (Å²) in [5.41, 5.74) is 15.8. The molecule has 61 heavy (non-hydrogen) atoms. The van der Waals surface area contributed by atoms with Gasteiger partial charge in [0.2, 0.25) is 41.1 Å². The van der Waals surface area contributed by atoms with E-state index in [1.54, 1.807) is 17.0 Å². The summed E-state index contributed by atoms with van der Waals surface area (Å²) in [6.07, 6.45) is -2.42. The summed E-state index contributed by atoms with van der Waals surface area (Å²) in [5, 5.41) is 9.83. The molecule has 23 nitrogen and oxygen atoms in total. The van der Waals surface area contributed by atoms with Crippen LogP contribution in [0.2, 0.25) is 0 Å². The molecule has 0 saturated carbocycles. The topological polar surface area (TPSA) is 332 Å². The van der Waals surface area contributed by atoms with Gasteiger partial charge in [0.25, 0.3) is 0 Å². The van der Waals surface area contributed by atoms with Gasteiger partial charge < -0.3 is 67.1 Å².